The molecule has 1 N–H and O–H groups in total. The lowest BCUT2D eigenvalue weighted by atomic mass is 9.89. The molecule has 0 radical (unpaired) electrons. The fourth-order valence-corrected chi connectivity index (χ4v) is 8.64. The number of unbranched alkanes of at least 4 members (excludes halogenated alkanes) is 3. The molecule has 2 aliphatic rings. The average molecular weight is 686 g/mol. The molecule has 3 unspecified atom stereocenters. The molecule has 1 aliphatic carbocycles. The number of fused-ring (bicyclic) bond motifs is 2. The molecule has 0 saturated heterocycles. The number of allylic oxidation sites excluding steroid dienone is 1. The van der Waals surface area contributed by atoms with Crippen molar-refractivity contribution < 1.29 is 36.0 Å². The molecular formula is C37H43F2O6S2+. The van der Waals surface area contributed by atoms with Gasteiger partial charge in [-0.1, -0.05) is 75.6 Å². The number of ketones is 1. The minimum atomic E-state index is -5.68. The van der Waals surface area contributed by atoms with Crippen LogP contribution in [0.1, 0.15) is 89.5 Å². The summed E-state index contributed by atoms with van der Waals surface area (Å²) in [5.41, 5.74) is 1.16. The molecule has 1 heterocycles. The monoisotopic (exact) mass is 685 g/mol. The molecule has 1 saturated carbocycles. The summed E-state index contributed by atoms with van der Waals surface area (Å²) in [6, 6.07) is 24.4. The van der Waals surface area contributed by atoms with E-state index in [-0.39, 0.29) is 24.0 Å². The topological polar surface area (TPSA) is 89.9 Å². The Morgan fingerprint density at radius 3 is 2.32 bits per heavy atom. The van der Waals surface area contributed by atoms with Gasteiger partial charge in [0.15, 0.2) is 22.2 Å². The lowest BCUT2D eigenvalue weighted by Crippen LogP contribution is -2.32. The van der Waals surface area contributed by atoms with Crippen LogP contribution >= 0.6 is 0 Å². The van der Waals surface area contributed by atoms with Crippen LogP contribution in [0.25, 0.3) is 0 Å². The SMILES string of the molecule is CCC(C)C(=O)CCCCCCC(CCOC(=C1CC1)C(F)(F)S(=O)(=O)O)c1cccc2c1Oc1ccccc1[S+]2c1ccccc1. The summed E-state index contributed by atoms with van der Waals surface area (Å²) in [5.74, 6) is 0.823. The Morgan fingerprint density at radius 2 is 1.62 bits per heavy atom. The molecule has 3 aromatic rings. The number of benzene rings is 3. The number of carbonyl (C=O) groups excluding carboxylic acids is 1. The van der Waals surface area contributed by atoms with Gasteiger partial charge in [0.05, 0.1) is 6.61 Å². The Bertz CT molecular complexity index is 1680. The zero-order chi connectivity index (χ0) is 33.6. The second kappa shape index (κ2) is 15.3. The second-order valence-electron chi connectivity index (χ2n) is 12.3. The standard InChI is InChI=1S/C37H42F2O6S2/c1-3-26(2)31(40)18-10-5-4-7-14-27(24-25-44-36(28-22-23-28)37(38,39)47(41,42)43)30-17-13-21-34-35(30)45-32-19-11-12-20-33(32)46(34)29-15-8-6-9-16-29/h6,8-9,11-13,15-17,19-21,26-27H,3-5,7,10,14,18,22-25H2,1-2H3/p+1. The van der Waals surface area contributed by atoms with Crippen LogP contribution in [0.2, 0.25) is 0 Å². The van der Waals surface area contributed by atoms with Crippen LogP contribution < -0.4 is 4.74 Å². The largest absolute Gasteiger partial charge is 0.490 e. The smallest absolute Gasteiger partial charge is 0.425 e. The Kier molecular flexibility index (Phi) is 11.5. The minimum absolute atomic E-state index is 0.0814. The highest BCUT2D eigenvalue weighted by Crippen LogP contribution is 2.50. The molecule has 47 heavy (non-hydrogen) atoms. The van der Waals surface area contributed by atoms with Crippen molar-refractivity contribution >= 4 is 26.8 Å². The van der Waals surface area contributed by atoms with Gasteiger partial charge in [-0.15, -0.1) is 0 Å². The minimum Gasteiger partial charge on any atom is -0.490 e. The number of ether oxygens (including phenoxy) is 2. The van der Waals surface area contributed by atoms with Crippen molar-refractivity contribution in [2.24, 2.45) is 5.92 Å². The van der Waals surface area contributed by atoms with E-state index < -0.39 is 32.0 Å². The van der Waals surface area contributed by atoms with Gasteiger partial charge in [-0.25, -0.2) is 0 Å². The molecule has 1 aliphatic heterocycles. The zero-order valence-electron chi connectivity index (χ0n) is 26.9. The quantitative estimate of drug-likeness (QED) is 0.0515. The van der Waals surface area contributed by atoms with E-state index in [1.54, 1.807) is 0 Å². The third-order valence-corrected chi connectivity index (χ3v) is 12.1. The summed E-state index contributed by atoms with van der Waals surface area (Å²) < 4.78 is 73.8. The van der Waals surface area contributed by atoms with Gasteiger partial charge in [-0.05, 0) is 80.3 Å². The molecule has 0 amide bonds. The number of carbonyl (C=O) groups is 1. The van der Waals surface area contributed by atoms with Gasteiger partial charge in [0, 0.05) is 17.9 Å². The van der Waals surface area contributed by atoms with Crippen molar-refractivity contribution in [2.45, 2.75) is 104 Å². The molecule has 5 rings (SSSR count). The lowest BCUT2D eigenvalue weighted by molar-refractivity contribution is -0.122. The van der Waals surface area contributed by atoms with Gasteiger partial charge < -0.3 is 9.47 Å². The maximum absolute atomic E-state index is 14.7. The van der Waals surface area contributed by atoms with Crippen molar-refractivity contribution in [3.8, 4) is 11.5 Å². The first-order valence-electron chi connectivity index (χ1n) is 16.4. The van der Waals surface area contributed by atoms with E-state index in [1.807, 2.05) is 62.4 Å². The van der Waals surface area contributed by atoms with E-state index >= 15 is 0 Å². The van der Waals surface area contributed by atoms with Gasteiger partial charge >= 0.3 is 15.4 Å². The summed E-state index contributed by atoms with van der Waals surface area (Å²) in [4.78, 5) is 15.6. The zero-order valence-corrected chi connectivity index (χ0v) is 28.6. The number of rotatable bonds is 17. The molecule has 252 valence electrons. The van der Waals surface area contributed by atoms with Crippen LogP contribution in [0.4, 0.5) is 8.78 Å². The summed E-state index contributed by atoms with van der Waals surface area (Å²) in [5, 5.41) is -4.50. The maximum atomic E-state index is 14.7. The van der Waals surface area contributed by atoms with Crippen molar-refractivity contribution in [1.29, 1.82) is 0 Å². The van der Waals surface area contributed by atoms with Gasteiger partial charge in [0.2, 0.25) is 9.79 Å². The van der Waals surface area contributed by atoms with E-state index in [0.29, 0.717) is 31.5 Å². The van der Waals surface area contributed by atoms with E-state index in [1.165, 1.54) is 0 Å². The summed E-state index contributed by atoms with van der Waals surface area (Å²) >= 11 is 0. The summed E-state index contributed by atoms with van der Waals surface area (Å²) in [6.45, 7) is 3.84. The van der Waals surface area contributed by atoms with E-state index in [9.17, 15) is 26.5 Å². The highest BCUT2D eigenvalue weighted by atomic mass is 32.2. The van der Waals surface area contributed by atoms with Gasteiger partial charge in [0.1, 0.15) is 16.7 Å². The number of hydrogen-bond donors (Lipinski definition) is 1. The Labute approximate surface area is 279 Å². The number of halogens is 2. The number of para-hydroxylation sites is 2. The van der Waals surface area contributed by atoms with Crippen molar-refractivity contribution in [3.63, 3.8) is 0 Å². The third-order valence-electron chi connectivity index (χ3n) is 8.94. The average Bonchev–Trinajstić information content (AvgIpc) is 3.90. The van der Waals surface area contributed by atoms with Gasteiger partial charge in [-0.3, -0.25) is 9.35 Å². The van der Waals surface area contributed by atoms with Crippen LogP contribution in [0, 0.1) is 5.92 Å². The highest BCUT2D eigenvalue weighted by Gasteiger charge is 2.52. The second-order valence-corrected chi connectivity index (χ2v) is 15.8. The van der Waals surface area contributed by atoms with Crippen LogP contribution in [0.5, 0.6) is 11.5 Å². The molecule has 0 bridgehead atoms. The molecule has 0 spiro atoms. The van der Waals surface area contributed by atoms with Crippen LogP contribution in [-0.4, -0.2) is 30.6 Å². The van der Waals surface area contributed by atoms with Crippen LogP contribution in [0.15, 0.2) is 98.8 Å². The van der Waals surface area contributed by atoms with E-state index in [0.717, 1.165) is 70.3 Å². The van der Waals surface area contributed by atoms with Crippen molar-refractivity contribution in [3.05, 3.63) is 89.7 Å². The Hall–Kier alpha value is -3.21. The predicted molar refractivity (Wildman–Crippen MR) is 180 cm³/mol. The first-order valence-corrected chi connectivity index (χ1v) is 19.1. The Balaban J connectivity index is 1.39. The molecule has 3 aromatic carbocycles. The molecule has 10 heteroatoms. The first kappa shape index (κ1) is 35.1. The fourth-order valence-electron chi connectivity index (χ4n) is 5.94. The maximum Gasteiger partial charge on any atom is 0.425 e. The number of hydrogen-bond acceptors (Lipinski definition) is 5. The molecule has 6 nitrogen and oxygen atoms in total. The van der Waals surface area contributed by atoms with Crippen LogP contribution in [0.3, 0.4) is 0 Å². The van der Waals surface area contributed by atoms with E-state index in [4.69, 9.17) is 9.47 Å². The molecule has 1 fully saturated rings. The summed E-state index contributed by atoms with van der Waals surface area (Å²) in [7, 11) is -6.10. The molecular weight excluding hydrogens is 643 g/mol. The highest BCUT2D eigenvalue weighted by molar-refractivity contribution is 7.97. The fraction of sp³-hybridized carbons (Fsp3) is 0.432. The molecule has 3 atom stereocenters. The van der Waals surface area contributed by atoms with Gasteiger partial charge in [-0.2, -0.15) is 17.2 Å². The van der Waals surface area contributed by atoms with Gasteiger partial charge in [0.25, 0.3) is 0 Å². The van der Waals surface area contributed by atoms with E-state index in [2.05, 4.69) is 24.3 Å². The first-order chi connectivity index (χ1) is 22.5. The lowest BCUT2D eigenvalue weighted by Gasteiger charge is -2.26. The Morgan fingerprint density at radius 1 is 0.936 bits per heavy atom. The van der Waals surface area contributed by atoms with Crippen molar-refractivity contribution in [1.82, 2.24) is 0 Å². The predicted octanol–water partition coefficient (Wildman–Crippen LogP) is 9.86. The molecule has 0 aromatic heterocycles. The third kappa shape index (κ3) is 8.27. The normalized spacial score (nSPS) is 16.8. The number of Topliss-reactive ketones (excluding diaryl/α,β-unsaturated/α-hetero) is 1. The van der Waals surface area contributed by atoms with Crippen molar-refractivity contribution in [2.75, 3.05) is 6.61 Å². The van der Waals surface area contributed by atoms with Crippen LogP contribution in [-0.2, 0) is 30.5 Å². The summed E-state index contributed by atoms with van der Waals surface area (Å²) in [6.07, 6.45) is 6.61. The number of alkyl halides is 2.